The average Bonchev–Trinajstić information content (AvgIpc) is 2.98. The van der Waals surface area contributed by atoms with E-state index in [1.54, 1.807) is 23.9 Å². The molecule has 4 aliphatic rings. The molecule has 1 aromatic carbocycles. The lowest BCUT2D eigenvalue weighted by Crippen LogP contribution is -2.61. The lowest BCUT2D eigenvalue weighted by atomic mass is 9.51. The van der Waals surface area contributed by atoms with E-state index in [2.05, 4.69) is 15.1 Å². The predicted molar refractivity (Wildman–Crippen MR) is 121 cm³/mol. The van der Waals surface area contributed by atoms with Gasteiger partial charge in [0.1, 0.15) is 5.52 Å². The fourth-order valence-corrected chi connectivity index (χ4v) is 7.01. The SMILES string of the molecule is [C-]#[N+]c1ccc(Nc2ncc3c(n2)n(C24CC5CC(CC(O)(C5)C2)C4)c(=O)n3C)c(C)c1. The second-order valence-corrected chi connectivity index (χ2v) is 10.2. The number of aliphatic hydroxyl groups is 1. The fourth-order valence-electron chi connectivity index (χ4n) is 7.01. The summed E-state index contributed by atoms with van der Waals surface area (Å²) in [4.78, 5) is 26.1. The Morgan fingerprint density at radius 2 is 2.00 bits per heavy atom. The summed E-state index contributed by atoms with van der Waals surface area (Å²) in [6.45, 7) is 9.11. The van der Waals surface area contributed by atoms with Crippen LogP contribution < -0.4 is 11.0 Å². The van der Waals surface area contributed by atoms with E-state index in [1.165, 1.54) is 0 Å². The zero-order valence-electron chi connectivity index (χ0n) is 18.3. The maximum Gasteiger partial charge on any atom is 0.330 e. The lowest BCUT2D eigenvalue weighted by Gasteiger charge is -2.60. The molecular formula is C24H26N6O2. The molecule has 3 aromatic rings. The molecule has 8 nitrogen and oxygen atoms in total. The number of hydrogen-bond acceptors (Lipinski definition) is 5. The van der Waals surface area contributed by atoms with Gasteiger partial charge in [-0.1, -0.05) is 12.1 Å². The minimum absolute atomic E-state index is 0.0883. The minimum Gasteiger partial charge on any atom is -0.390 e. The third-order valence-corrected chi connectivity index (χ3v) is 7.86. The van der Waals surface area contributed by atoms with Crippen molar-refractivity contribution < 1.29 is 5.11 Å². The first-order chi connectivity index (χ1) is 15.3. The summed E-state index contributed by atoms with van der Waals surface area (Å²) < 4.78 is 3.49. The van der Waals surface area contributed by atoms with Crippen molar-refractivity contribution >= 4 is 28.5 Å². The molecule has 2 N–H and O–H groups in total. The summed E-state index contributed by atoms with van der Waals surface area (Å²) in [6, 6.07) is 5.43. The van der Waals surface area contributed by atoms with Crippen LogP contribution in [-0.4, -0.2) is 29.8 Å². The summed E-state index contributed by atoms with van der Waals surface area (Å²) in [5.41, 5.74) is 2.52. The molecule has 4 bridgehead atoms. The Morgan fingerprint density at radius 1 is 1.25 bits per heavy atom. The molecule has 2 unspecified atom stereocenters. The summed E-state index contributed by atoms with van der Waals surface area (Å²) in [5, 5.41) is 14.5. The van der Waals surface area contributed by atoms with Crippen LogP contribution in [0.3, 0.4) is 0 Å². The molecule has 4 saturated carbocycles. The number of anilines is 2. The second kappa shape index (κ2) is 6.42. The van der Waals surface area contributed by atoms with Gasteiger partial charge in [0.25, 0.3) is 0 Å². The third kappa shape index (κ3) is 2.74. The zero-order valence-corrected chi connectivity index (χ0v) is 18.3. The van der Waals surface area contributed by atoms with Crippen LogP contribution in [-0.2, 0) is 12.6 Å². The normalized spacial score (nSPS) is 30.6. The van der Waals surface area contributed by atoms with Gasteiger partial charge in [-0.05, 0) is 68.9 Å². The first kappa shape index (κ1) is 19.5. The van der Waals surface area contributed by atoms with Gasteiger partial charge in [-0.25, -0.2) is 14.6 Å². The van der Waals surface area contributed by atoms with Crippen LogP contribution in [0.2, 0.25) is 0 Å². The molecule has 2 atom stereocenters. The Morgan fingerprint density at radius 3 is 2.66 bits per heavy atom. The Labute approximate surface area is 185 Å². The summed E-state index contributed by atoms with van der Waals surface area (Å²) in [6.07, 6.45) is 7.03. The molecule has 0 radical (unpaired) electrons. The second-order valence-electron chi connectivity index (χ2n) is 10.2. The minimum atomic E-state index is -0.665. The molecule has 0 amide bonds. The molecule has 0 saturated heterocycles. The standard InChI is InChI=1S/C24H26N6O2/c1-14-6-17(25-2)4-5-18(14)27-21-26-12-19-20(28-21)30(22(31)29(19)3)23-8-15-7-16(9-23)11-24(32,10-15)13-23/h4-6,12,15-16,32H,7-11,13H2,1,3H3,(H,26,27,28). The van der Waals surface area contributed by atoms with Crippen molar-refractivity contribution in [3.8, 4) is 0 Å². The maximum atomic E-state index is 13.4. The van der Waals surface area contributed by atoms with Gasteiger partial charge < -0.3 is 10.4 Å². The average molecular weight is 431 g/mol. The van der Waals surface area contributed by atoms with Gasteiger partial charge >= 0.3 is 5.69 Å². The largest absolute Gasteiger partial charge is 0.390 e. The lowest BCUT2D eigenvalue weighted by molar-refractivity contribution is -0.156. The highest BCUT2D eigenvalue weighted by molar-refractivity contribution is 5.74. The number of rotatable bonds is 3. The van der Waals surface area contributed by atoms with Crippen LogP contribution in [0.1, 0.15) is 44.1 Å². The van der Waals surface area contributed by atoms with E-state index in [0.29, 0.717) is 41.1 Å². The molecule has 4 fully saturated rings. The molecule has 164 valence electrons. The summed E-state index contributed by atoms with van der Waals surface area (Å²) in [7, 11) is 1.76. The number of hydrogen-bond donors (Lipinski definition) is 2. The van der Waals surface area contributed by atoms with Crippen molar-refractivity contribution in [3.63, 3.8) is 0 Å². The number of nitrogens with zero attached hydrogens (tertiary/aromatic N) is 5. The van der Waals surface area contributed by atoms with E-state index >= 15 is 0 Å². The van der Waals surface area contributed by atoms with Gasteiger partial charge in [-0.2, -0.15) is 4.98 Å². The Bertz CT molecular complexity index is 1350. The van der Waals surface area contributed by atoms with Crippen LogP contribution in [0.15, 0.2) is 29.2 Å². The maximum absolute atomic E-state index is 13.4. The molecule has 32 heavy (non-hydrogen) atoms. The molecule has 2 aromatic heterocycles. The van der Waals surface area contributed by atoms with E-state index in [-0.39, 0.29) is 11.2 Å². The topological polar surface area (TPSA) is 89.3 Å². The van der Waals surface area contributed by atoms with Gasteiger partial charge in [0.05, 0.1) is 23.9 Å². The van der Waals surface area contributed by atoms with Crippen LogP contribution in [0.25, 0.3) is 16.0 Å². The van der Waals surface area contributed by atoms with Crippen LogP contribution in [0.4, 0.5) is 17.3 Å². The number of nitrogens with one attached hydrogen (secondary N) is 1. The zero-order chi connectivity index (χ0) is 22.3. The molecular weight excluding hydrogens is 404 g/mol. The number of benzene rings is 1. The Kier molecular flexibility index (Phi) is 3.91. The van der Waals surface area contributed by atoms with E-state index in [0.717, 1.165) is 43.4 Å². The van der Waals surface area contributed by atoms with E-state index in [4.69, 9.17) is 11.6 Å². The monoisotopic (exact) mass is 430 g/mol. The van der Waals surface area contributed by atoms with Gasteiger partial charge in [-0.3, -0.25) is 9.13 Å². The van der Waals surface area contributed by atoms with Crippen molar-refractivity contribution in [1.29, 1.82) is 0 Å². The smallest absolute Gasteiger partial charge is 0.330 e. The first-order valence-electron chi connectivity index (χ1n) is 11.2. The van der Waals surface area contributed by atoms with E-state index < -0.39 is 5.60 Å². The Balaban J connectivity index is 1.47. The quantitative estimate of drug-likeness (QED) is 0.618. The van der Waals surface area contributed by atoms with Crippen molar-refractivity contribution in [2.24, 2.45) is 18.9 Å². The predicted octanol–water partition coefficient (Wildman–Crippen LogP) is 3.77. The Hall–Kier alpha value is -3.18. The fraction of sp³-hybridized carbons (Fsp3) is 0.500. The van der Waals surface area contributed by atoms with E-state index in [1.807, 2.05) is 23.6 Å². The number of fused-ring (bicyclic) bond motifs is 1. The molecule has 0 spiro atoms. The highest BCUT2D eigenvalue weighted by atomic mass is 16.3. The highest BCUT2D eigenvalue weighted by Crippen LogP contribution is 2.60. The van der Waals surface area contributed by atoms with Crippen molar-refractivity contribution in [2.45, 2.75) is 56.6 Å². The van der Waals surface area contributed by atoms with Crippen molar-refractivity contribution in [1.82, 2.24) is 19.1 Å². The molecule has 2 heterocycles. The van der Waals surface area contributed by atoms with Crippen LogP contribution in [0.5, 0.6) is 0 Å². The van der Waals surface area contributed by atoms with Crippen molar-refractivity contribution in [3.05, 3.63) is 51.9 Å². The number of aromatic nitrogens is 4. The van der Waals surface area contributed by atoms with Crippen molar-refractivity contribution in [2.75, 3.05) is 5.32 Å². The van der Waals surface area contributed by atoms with Gasteiger partial charge in [-0.15, -0.1) is 0 Å². The molecule has 8 heteroatoms. The number of imidazole rings is 1. The molecule has 4 aliphatic carbocycles. The highest BCUT2D eigenvalue weighted by Gasteiger charge is 2.59. The van der Waals surface area contributed by atoms with Gasteiger partial charge in [0.15, 0.2) is 11.3 Å². The summed E-state index contributed by atoms with van der Waals surface area (Å²) >= 11 is 0. The summed E-state index contributed by atoms with van der Waals surface area (Å²) in [5.74, 6) is 1.34. The molecule has 0 aliphatic heterocycles. The van der Waals surface area contributed by atoms with Gasteiger partial charge in [0.2, 0.25) is 5.95 Å². The van der Waals surface area contributed by atoms with Gasteiger partial charge in [0, 0.05) is 12.7 Å². The molecule has 7 rings (SSSR count). The number of aryl methyl sites for hydroxylation is 2. The van der Waals surface area contributed by atoms with Crippen LogP contribution >= 0.6 is 0 Å². The van der Waals surface area contributed by atoms with Crippen LogP contribution in [0, 0.1) is 25.3 Å². The third-order valence-electron chi connectivity index (χ3n) is 7.86. The van der Waals surface area contributed by atoms with E-state index in [9.17, 15) is 9.90 Å². The first-order valence-corrected chi connectivity index (χ1v) is 11.2.